The minimum Gasteiger partial charge on any atom is -0.337 e. The van der Waals surface area contributed by atoms with Gasteiger partial charge < -0.3 is 10.2 Å². The minimum absolute atomic E-state index is 0.0555. The highest BCUT2D eigenvalue weighted by Gasteiger charge is 2.18. The molecule has 1 N–H and O–H groups in total. The maximum Gasteiger partial charge on any atom is 0.257 e. The lowest BCUT2D eigenvalue weighted by atomic mass is 10.3. The second kappa shape index (κ2) is 6.41. The third kappa shape index (κ3) is 3.33. The van der Waals surface area contributed by atoms with Crippen LogP contribution >= 0.6 is 15.9 Å². The van der Waals surface area contributed by atoms with E-state index in [0.29, 0.717) is 5.56 Å². The van der Waals surface area contributed by atoms with Crippen LogP contribution in [0.4, 0.5) is 0 Å². The average Bonchev–Trinajstić information content (AvgIpc) is 2.82. The molecule has 0 bridgehead atoms. The molecule has 110 valence electrons. The van der Waals surface area contributed by atoms with Crippen molar-refractivity contribution < 1.29 is 4.79 Å². The smallest absolute Gasteiger partial charge is 0.257 e. The number of aromatic nitrogens is 2. The molecule has 1 aromatic carbocycles. The van der Waals surface area contributed by atoms with Gasteiger partial charge in [0, 0.05) is 30.3 Å². The maximum absolute atomic E-state index is 12.5. The Morgan fingerprint density at radius 1 is 1.29 bits per heavy atom. The second-order valence-electron chi connectivity index (χ2n) is 5.05. The lowest BCUT2D eigenvalue weighted by molar-refractivity contribution is 0.0766. The van der Waals surface area contributed by atoms with Crippen molar-refractivity contribution in [2.75, 3.05) is 26.2 Å². The first-order chi connectivity index (χ1) is 10.2. The topological polar surface area (TPSA) is 50.2 Å². The van der Waals surface area contributed by atoms with Gasteiger partial charge in [0.2, 0.25) is 0 Å². The van der Waals surface area contributed by atoms with Crippen LogP contribution in [0.3, 0.4) is 0 Å². The number of carbonyl (C=O) groups excluding carboxylic acids is 1. The molecule has 0 atom stereocenters. The molecule has 1 aliphatic heterocycles. The fourth-order valence-corrected chi connectivity index (χ4v) is 2.81. The molecule has 1 fully saturated rings. The highest BCUT2D eigenvalue weighted by atomic mass is 79.9. The first-order valence-electron chi connectivity index (χ1n) is 7.04. The summed E-state index contributed by atoms with van der Waals surface area (Å²) < 4.78 is 2.72. The van der Waals surface area contributed by atoms with E-state index in [9.17, 15) is 4.79 Å². The summed E-state index contributed by atoms with van der Waals surface area (Å²) in [6.45, 7) is 3.38. The summed E-state index contributed by atoms with van der Waals surface area (Å²) >= 11 is 3.44. The summed E-state index contributed by atoms with van der Waals surface area (Å²) in [5.41, 5.74) is 1.57. The molecule has 1 amide bonds. The predicted molar refractivity (Wildman–Crippen MR) is 84.7 cm³/mol. The number of hydrogen-bond acceptors (Lipinski definition) is 3. The molecular formula is C15H17BrN4O. The van der Waals surface area contributed by atoms with E-state index in [4.69, 9.17) is 0 Å². The molecule has 1 saturated heterocycles. The van der Waals surface area contributed by atoms with Gasteiger partial charge >= 0.3 is 0 Å². The highest BCUT2D eigenvalue weighted by Crippen LogP contribution is 2.16. The molecule has 5 nitrogen and oxygen atoms in total. The van der Waals surface area contributed by atoms with Crippen molar-refractivity contribution in [2.24, 2.45) is 0 Å². The Bertz CT molecular complexity index is 632. The number of nitrogens with one attached hydrogen (secondary N) is 1. The van der Waals surface area contributed by atoms with Crippen LogP contribution in [0, 0.1) is 0 Å². The normalized spacial score (nSPS) is 15.8. The monoisotopic (exact) mass is 348 g/mol. The van der Waals surface area contributed by atoms with Crippen LogP contribution in [-0.2, 0) is 0 Å². The predicted octanol–water partition coefficient (Wildman–Crippen LogP) is 2.07. The van der Waals surface area contributed by atoms with E-state index in [0.717, 1.165) is 42.8 Å². The number of amides is 1. The molecule has 21 heavy (non-hydrogen) atoms. The minimum atomic E-state index is 0.0555. The largest absolute Gasteiger partial charge is 0.337 e. The maximum atomic E-state index is 12.5. The number of carbonyl (C=O) groups is 1. The summed E-state index contributed by atoms with van der Waals surface area (Å²) in [6.07, 6.45) is 4.43. The van der Waals surface area contributed by atoms with E-state index in [1.807, 2.05) is 29.2 Å². The third-order valence-corrected chi connectivity index (χ3v) is 4.02. The van der Waals surface area contributed by atoms with Crippen molar-refractivity contribution in [1.82, 2.24) is 20.0 Å². The van der Waals surface area contributed by atoms with Crippen molar-refractivity contribution in [3.8, 4) is 5.69 Å². The summed E-state index contributed by atoms with van der Waals surface area (Å²) in [5.74, 6) is 0.0555. The second-order valence-corrected chi connectivity index (χ2v) is 5.96. The van der Waals surface area contributed by atoms with E-state index < -0.39 is 0 Å². The Balaban J connectivity index is 1.79. The summed E-state index contributed by atoms with van der Waals surface area (Å²) in [6, 6.07) is 7.84. The quantitative estimate of drug-likeness (QED) is 0.903. The molecule has 0 unspecified atom stereocenters. The van der Waals surface area contributed by atoms with Gasteiger partial charge in [-0.05, 0) is 31.2 Å². The van der Waals surface area contributed by atoms with Gasteiger partial charge in [0.1, 0.15) is 0 Å². The highest BCUT2D eigenvalue weighted by molar-refractivity contribution is 9.10. The molecule has 3 rings (SSSR count). The van der Waals surface area contributed by atoms with Crippen LogP contribution in [0.1, 0.15) is 16.8 Å². The van der Waals surface area contributed by atoms with Gasteiger partial charge in [-0.25, -0.2) is 4.68 Å². The fourth-order valence-electron chi connectivity index (χ4n) is 2.42. The van der Waals surface area contributed by atoms with E-state index >= 15 is 0 Å². The van der Waals surface area contributed by atoms with Crippen molar-refractivity contribution in [3.05, 3.63) is 46.7 Å². The molecule has 2 heterocycles. The molecule has 6 heteroatoms. The molecule has 2 aromatic rings. The van der Waals surface area contributed by atoms with Gasteiger partial charge in [-0.2, -0.15) is 5.10 Å². The van der Waals surface area contributed by atoms with Gasteiger partial charge in [0.15, 0.2) is 0 Å². The number of hydrogen-bond donors (Lipinski definition) is 1. The Kier molecular flexibility index (Phi) is 4.36. The number of rotatable bonds is 2. The Hall–Kier alpha value is -1.66. The lowest BCUT2D eigenvalue weighted by Crippen LogP contribution is -2.33. The molecule has 0 aliphatic carbocycles. The molecule has 1 aliphatic rings. The zero-order chi connectivity index (χ0) is 14.7. The van der Waals surface area contributed by atoms with Crippen molar-refractivity contribution >= 4 is 21.8 Å². The van der Waals surface area contributed by atoms with E-state index in [-0.39, 0.29) is 5.91 Å². The zero-order valence-corrected chi connectivity index (χ0v) is 13.2. The molecule has 0 radical (unpaired) electrons. The first-order valence-corrected chi connectivity index (χ1v) is 7.84. The van der Waals surface area contributed by atoms with Crippen LogP contribution in [0.2, 0.25) is 0 Å². The SMILES string of the molecule is O=C(c1cnn(-c2cccc(Br)c2)c1)N1CCCNCC1. The van der Waals surface area contributed by atoms with E-state index in [1.54, 1.807) is 17.1 Å². The van der Waals surface area contributed by atoms with Gasteiger partial charge in [0.25, 0.3) is 5.91 Å². The number of halogens is 1. The zero-order valence-electron chi connectivity index (χ0n) is 11.6. The molecular weight excluding hydrogens is 332 g/mol. The lowest BCUT2D eigenvalue weighted by Gasteiger charge is -2.18. The van der Waals surface area contributed by atoms with Gasteiger partial charge in [-0.1, -0.05) is 22.0 Å². The fraction of sp³-hybridized carbons (Fsp3) is 0.333. The van der Waals surface area contributed by atoms with Crippen LogP contribution in [0.15, 0.2) is 41.1 Å². The van der Waals surface area contributed by atoms with Crippen LogP contribution in [0.5, 0.6) is 0 Å². The Labute approximate surface area is 132 Å². The third-order valence-electron chi connectivity index (χ3n) is 3.53. The van der Waals surface area contributed by atoms with Gasteiger partial charge in [0.05, 0.1) is 17.4 Å². The standard InChI is InChI=1S/C15H17BrN4O/c16-13-3-1-4-14(9-13)20-11-12(10-18-20)15(21)19-7-2-5-17-6-8-19/h1,3-4,9-11,17H,2,5-8H2. The Morgan fingerprint density at radius 3 is 3.05 bits per heavy atom. The number of nitrogens with zero attached hydrogens (tertiary/aromatic N) is 3. The van der Waals surface area contributed by atoms with Crippen LogP contribution in [-0.4, -0.2) is 46.8 Å². The summed E-state index contributed by atoms with van der Waals surface area (Å²) in [4.78, 5) is 14.4. The molecule has 1 aromatic heterocycles. The summed E-state index contributed by atoms with van der Waals surface area (Å²) in [7, 11) is 0. The molecule has 0 saturated carbocycles. The average molecular weight is 349 g/mol. The molecule has 0 spiro atoms. The van der Waals surface area contributed by atoms with E-state index in [2.05, 4.69) is 26.3 Å². The van der Waals surface area contributed by atoms with E-state index in [1.165, 1.54) is 0 Å². The van der Waals surface area contributed by atoms with Crippen LogP contribution < -0.4 is 5.32 Å². The van der Waals surface area contributed by atoms with Crippen molar-refractivity contribution in [3.63, 3.8) is 0 Å². The number of benzene rings is 1. The van der Waals surface area contributed by atoms with Gasteiger partial charge in [-0.3, -0.25) is 4.79 Å². The van der Waals surface area contributed by atoms with Crippen molar-refractivity contribution in [1.29, 1.82) is 0 Å². The van der Waals surface area contributed by atoms with Crippen LogP contribution in [0.25, 0.3) is 5.69 Å². The Morgan fingerprint density at radius 2 is 2.19 bits per heavy atom. The van der Waals surface area contributed by atoms with Crippen molar-refractivity contribution in [2.45, 2.75) is 6.42 Å². The first kappa shape index (κ1) is 14.3. The van der Waals surface area contributed by atoms with Gasteiger partial charge in [-0.15, -0.1) is 0 Å². The summed E-state index contributed by atoms with van der Waals surface area (Å²) in [5, 5.41) is 7.60.